The molecule has 1 aliphatic rings. The van der Waals surface area contributed by atoms with E-state index >= 15 is 0 Å². The molecule has 0 saturated heterocycles. The van der Waals surface area contributed by atoms with Crippen molar-refractivity contribution in [1.29, 1.82) is 0 Å². The molecule has 1 aromatic rings. The minimum Gasteiger partial charge on any atom is -0.326 e. The number of carbonyl (C=O) groups excluding carboxylic acids is 1. The molecule has 0 fully saturated rings. The van der Waals surface area contributed by atoms with E-state index in [1.54, 1.807) is 11.8 Å². The molecule has 1 aliphatic heterocycles. The number of rotatable bonds is 5. The molecule has 0 aliphatic carbocycles. The number of nitrogens with zero attached hydrogens (tertiary/aromatic N) is 2. The zero-order valence-electron chi connectivity index (χ0n) is 13.2. The van der Waals surface area contributed by atoms with Gasteiger partial charge in [0.2, 0.25) is 5.91 Å². The van der Waals surface area contributed by atoms with Gasteiger partial charge in [-0.15, -0.1) is 0 Å². The number of anilines is 1. The molecular weight excluding hydrogens is 296 g/mol. The van der Waals surface area contributed by atoms with Crippen molar-refractivity contribution in [2.24, 2.45) is 16.0 Å². The van der Waals surface area contributed by atoms with Gasteiger partial charge in [0.05, 0.1) is 5.71 Å². The standard InChI is InChI=1S/C16H22N4OS/c1-11(2)8-9-17-16-20-19-15(10-22-16)13-4-6-14(7-5-13)18-12(3)21/h4-7,11H,8-10H2,1-3H3,(H,17,20)(H,18,21). The van der Waals surface area contributed by atoms with Crippen LogP contribution in [-0.4, -0.2) is 29.1 Å². The number of benzene rings is 1. The molecule has 1 aromatic carbocycles. The summed E-state index contributed by atoms with van der Waals surface area (Å²) < 4.78 is 0. The van der Waals surface area contributed by atoms with Crippen LogP contribution in [0, 0.1) is 5.92 Å². The van der Waals surface area contributed by atoms with Gasteiger partial charge in [0.15, 0.2) is 5.17 Å². The maximum absolute atomic E-state index is 11.0. The van der Waals surface area contributed by atoms with E-state index < -0.39 is 0 Å². The summed E-state index contributed by atoms with van der Waals surface area (Å²) in [5, 5.41) is 8.04. The van der Waals surface area contributed by atoms with Gasteiger partial charge in [0.25, 0.3) is 0 Å². The molecule has 0 bridgehead atoms. The number of thioether (sulfide) groups is 1. The summed E-state index contributed by atoms with van der Waals surface area (Å²) >= 11 is 1.67. The Bertz CT molecular complexity index is 578. The smallest absolute Gasteiger partial charge is 0.221 e. The number of nitrogens with one attached hydrogen (secondary N) is 2. The van der Waals surface area contributed by atoms with Crippen LogP contribution in [0.4, 0.5) is 5.69 Å². The SMILES string of the molecule is CC(=O)Nc1ccc(C2=NNC(=NCCC(C)C)SC2)cc1. The van der Waals surface area contributed by atoms with Crippen LogP contribution in [0.3, 0.4) is 0 Å². The topological polar surface area (TPSA) is 65.8 Å². The van der Waals surface area contributed by atoms with Crippen molar-refractivity contribution in [3.8, 4) is 0 Å². The molecule has 2 N–H and O–H groups in total. The van der Waals surface area contributed by atoms with E-state index in [1.807, 2.05) is 24.3 Å². The molecular formula is C16H22N4OS. The monoisotopic (exact) mass is 318 g/mol. The molecule has 0 unspecified atom stereocenters. The fraction of sp³-hybridized carbons (Fsp3) is 0.438. The largest absolute Gasteiger partial charge is 0.326 e. The Hall–Kier alpha value is -1.82. The normalized spacial score (nSPS) is 16.4. The van der Waals surface area contributed by atoms with E-state index in [2.05, 4.69) is 34.7 Å². The van der Waals surface area contributed by atoms with Gasteiger partial charge in [-0.3, -0.25) is 15.2 Å². The number of hydrogen-bond acceptors (Lipinski definition) is 4. The van der Waals surface area contributed by atoms with Gasteiger partial charge in [0.1, 0.15) is 0 Å². The summed E-state index contributed by atoms with van der Waals surface area (Å²) in [6.45, 7) is 6.73. The lowest BCUT2D eigenvalue weighted by Gasteiger charge is -2.15. The molecule has 1 amide bonds. The summed E-state index contributed by atoms with van der Waals surface area (Å²) in [7, 11) is 0. The first-order valence-electron chi connectivity index (χ1n) is 7.42. The highest BCUT2D eigenvalue weighted by Gasteiger charge is 2.12. The Morgan fingerprint density at radius 1 is 1.41 bits per heavy atom. The van der Waals surface area contributed by atoms with Crippen LogP contribution in [0.15, 0.2) is 34.4 Å². The van der Waals surface area contributed by atoms with Gasteiger partial charge >= 0.3 is 0 Å². The third kappa shape index (κ3) is 5.18. The van der Waals surface area contributed by atoms with Gasteiger partial charge in [-0.05, 0) is 30.0 Å². The van der Waals surface area contributed by atoms with E-state index in [4.69, 9.17) is 0 Å². The minimum atomic E-state index is -0.0674. The second-order valence-electron chi connectivity index (χ2n) is 5.59. The Morgan fingerprint density at radius 2 is 2.14 bits per heavy atom. The lowest BCUT2D eigenvalue weighted by atomic mass is 10.1. The predicted octanol–water partition coefficient (Wildman–Crippen LogP) is 3.09. The van der Waals surface area contributed by atoms with E-state index in [0.29, 0.717) is 5.92 Å². The molecule has 1 heterocycles. The maximum atomic E-state index is 11.0. The Morgan fingerprint density at radius 3 is 2.68 bits per heavy atom. The van der Waals surface area contributed by atoms with Crippen molar-refractivity contribution in [3.63, 3.8) is 0 Å². The van der Waals surface area contributed by atoms with Crippen molar-refractivity contribution in [1.82, 2.24) is 5.43 Å². The van der Waals surface area contributed by atoms with Crippen molar-refractivity contribution in [2.45, 2.75) is 27.2 Å². The fourth-order valence-electron chi connectivity index (χ4n) is 1.92. The predicted molar refractivity (Wildman–Crippen MR) is 94.6 cm³/mol. The van der Waals surface area contributed by atoms with Crippen LogP contribution in [0.1, 0.15) is 32.8 Å². The quantitative estimate of drug-likeness (QED) is 0.877. The molecule has 0 atom stereocenters. The molecule has 0 radical (unpaired) electrons. The molecule has 0 saturated carbocycles. The highest BCUT2D eigenvalue weighted by atomic mass is 32.2. The molecule has 0 aromatic heterocycles. The molecule has 118 valence electrons. The van der Waals surface area contributed by atoms with Crippen LogP contribution in [0.2, 0.25) is 0 Å². The maximum Gasteiger partial charge on any atom is 0.221 e. The van der Waals surface area contributed by atoms with Crippen LogP contribution >= 0.6 is 11.8 Å². The highest BCUT2D eigenvalue weighted by Crippen LogP contribution is 2.16. The molecule has 6 heteroatoms. The van der Waals surface area contributed by atoms with Gasteiger partial charge in [-0.1, -0.05) is 37.7 Å². The summed E-state index contributed by atoms with van der Waals surface area (Å²) in [4.78, 5) is 15.5. The minimum absolute atomic E-state index is 0.0674. The van der Waals surface area contributed by atoms with Crippen molar-refractivity contribution in [3.05, 3.63) is 29.8 Å². The average Bonchev–Trinajstić information content (AvgIpc) is 2.48. The summed E-state index contributed by atoms with van der Waals surface area (Å²) in [5.74, 6) is 1.40. The lowest BCUT2D eigenvalue weighted by Crippen LogP contribution is -2.25. The van der Waals surface area contributed by atoms with Gasteiger partial charge in [0, 0.05) is 24.9 Å². The summed E-state index contributed by atoms with van der Waals surface area (Å²) in [5.41, 5.74) is 5.85. The zero-order chi connectivity index (χ0) is 15.9. The third-order valence-corrected chi connectivity index (χ3v) is 4.04. The van der Waals surface area contributed by atoms with E-state index in [9.17, 15) is 4.79 Å². The number of aliphatic imine (C=N–C) groups is 1. The first-order valence-corrected chi connectivity index (χ1v) is 8.41. The van der Waals surface area contributed by atoms with E-state index in [1.165, 1.54) is 6.92 Å². The molecule has 5 nitrogen and oxygen atoms in total. The Balaban J connectivity index is 1.94. The van der Waals surface area contributed by atoms with Crippen LogP contribution in [-0.2, 0) is 4.79 Å². The van der Waals surface area contributed by atoms with Crippen LogP contribution in [0.5, 0.6) is 0 Å². The van der Waals surface area contributed by atoms with E-state index in [-0.39, 0.29) is 5.91 Å². The second kappa shape index (κ2) is 7.98. The Kier molecular flexibility index (Phi) is 6.00. The first-order chi connectivity index (χ1) is 10.5. The Labute approximate surface area is 135 Å². The number of carbonyl (C=O) groups is 1. The number of amidine groups is 1. The summed E-state index contributed by atoms with van der Waals surface area (Å²) in [6.07, 6.45) is 1.09. The third-order valence-electron chi connectivity index (χ3n) is 3.13. The molecule has 0 spiro atoms. The lowest BCUT2D eigenvalue weighted by molar-refractivity contribution is -0.114. The highest BCUT2D eigenvalue weighted by molar-refractivity contribution is 8.14. The fourth-order valence-corrected chi connectivity index (χ4v) is 2.72. The average molecular weight is 318 g/mol. The van der Waals surface area contributed by atoms with Crippen LogP contribution < -0.4 is 10.7 Å². The summed E-state index contributed by atoms with van der Waals surface area (Å²) in [6, 6.07) is 7.70. The van der Waals surface area contributed by atoms with Crippen molar-refractivity contribution in [2.75, 3.05) is 17.6 Å². The van der Waals surface area contributed by atoms with Crippen molar-refractivity contribution < 1.29 is 4.79 Å². The zero-order valence-corrected chi connectivity index (χ0v) is 14.0. The van der Waals surface area contributed by atoms with Crippen LogP contribution in [0.25, 0.3) is 0 Å². The first kappa shape index (κ1) is 16.5. The number of hydrazone groups is 1. The number of hydrogen-bond donors (Lipinski definition) is 2. The van der Waals surface area contributed by atoms with Gasteiger partial charge < -0.3 is 5.32 Å². The van der Waals surface area contributed by atoms with E-state index in [0.717, 1.165) is 40.8 Å². The second-order valence-corrected chi connectivity index (χ2v) is 6.55. The van der Waals surface area contributed by atoms with Gasteiger partial charge in [-0.2, -0.15) is 5.10 Å². The van der Waals surface area contributed by atoms with Crippen molar-refractivity contribution >= 4 is 34.2 Å². The number of amides is 1. The molecule has 22 heavy (non-hydrogen) atoms. The molecule has 2 rings (SSSR count). The van der Waals surface area contributed by atoms with Gasteiger partial charge in [-0.25, -0.2) is 0 Å².